The van der Waals surface area contributed by atoms with Gasteiger partial charge in [0.25, 0.3) is 0 Å². The van der Waals surface area contributed by atoms with Crippen LogP contribution in [0.4, 0.5) is 0 Å². The van der Waals surface area contributed by atoms with Gasteiger partial charge in [-0.1, -0.05) is 6.08 Å². The molecular formula is C12H15N3O7. The van der Waals surface area contributed by atoms with Crippen LogP contribution in [0.25, 0.3) is 0 Å². The topological polar surface area (TPSA) is 141 Å². The Hall–Kier alpha value is -2.91. The lowest BCUT2D eigenvalue weighted by atomic mass is 10.4. The van der Waals surface area contributed by atoms with Gasteiger partial charge in [-0.2, -0.15) is 0 Å². The number of carboxylic acids is 2. The maximum absolute atomic E-state index is 12.1. The lowest BCUT2D eigenvalue weighted by Crippen LogP contribution is -2.54. The molecule has 0 aliphatic carbocycles. The second kappa shape index (κ2) is 7.20. The summed E-state index contributed by atoms with van der Waals surface area (Å²) in [4.78, 5) is 57.4. The molecule has 0 amide bonds. The summed E-state index contributed by atoms with van der Waals surface area (Å²) in [5.74, 6) is -2.44. The first-order valence-corrected chi connectivity index (χ1v) is 6.28. The summed E-state index contributed by atoms with van der Waals surface area (Å²) in [6, 6.07) is 0. The van der Waals surface area contributed by atoms with E-state index in [0.29, 0.717) is 13.7 Å². The van der Waals surface area contributed by atoms with Crippen molar-refractivity contribution in [2.45, 2.75) is 32.5 Å². The van der Waals surface area contributed by atoms with Crippen molar-refractivity contribution in [2.24, 2.45) is 0 Å². The zero-order valence-corrected chi connectivity index (χ0v) is 11.6. The second-order valence-electron chi connectivity index (χ2n) is 4.34. The van der Waals surface area contributed by atoms with E-state index in [4.69, 9.17) is 10.2 Å². The van der Waals surface area contributed by atoms with Crippen molar-refractivity contribution in [3.63, 3.8) is 0 Å². The van der Waals surface area contributed by atoms with E-state index in [2.05, 4.69) is 6.58 Å². The smallest absolute Gasteiger partial charge is 0.336 e. The Bertz CT molecular complexity index is 712. The van der Waals surface area contributed by atoms with Crippen LogP contribution in [-0.4, -0.2) is 35.9 Å². The Morgan fingerprint density at radius 2 is 1.23 bits per heavy atom. The average molecular weight is 313 g/mol. The van der Waals surface area contributed by atoms with E-state index in [9.17, 15) is 24.0 Å². The quantitative estimate of drug-likeness (QED) is 0.545. The third-order valence-electron chi connectivity index (χ3n) is 2.80. The van der Waals surface area contributed by atoms with Crippen LogP contribution in [0.1, 0.15) is 12.8 Å². The van der Waals surface area contributed by atoms with Crippen LogP contribution in [0.3, 0.4) is 0 Å². The second-order valence-corrected chi connectivity index (χ2v) is 4.34. The number of carboxylic acid groups (broad SMARTS) is 2. The van der Waals surface area contributed by atoms with Gasteiger partial charge in [0.1, 0.15) is 0 Å². The van der Waals surface area contributed by atoms with Gasteiger partial charge < -0.3 is 10.2 Å². The minimum absolute atomic E-state index is 0.182. The first kappa shape index (κ1) is 17.1. The van der Waals surface area contributed by atoms with Crippen molar-refractivity contribution in [2.75, 3.05) is 0 Å². The fraction of sp³-hybridized carbons (Fsp3) is 0.417. The molecule has 22 heavy (non-hydrogen) atoms. The minimum Gasteiger partial charge on any atom is -0.481 e. The van der Waals surface area contributed by atoms with E-state index in [1.165, 1.54) is 6.08 Å². The van der Waals surface area contributed by atoms with Crippen LogP contribution in [0.15, 0.2) is 27.0 Å². The van der Waals surface area contributed by atoms with Crippen LogP contribution in [0, 0.1) is 0 Å². The number of allylic oxidation sites excluding steroid dienone is 1. The van der Waals surface area contributed by atoms with Gasteiger partial charge in [0.05, 0.1) is 19.4 Å². The van der Waals surface area contributed by atoms with Gasteiger partial charge in [-0.15, -0.1) is 6.58 Å². The molecule has 2 N–H and O–H groups in total. The van der Waals surface area contributed by atoms with Crippen molar-refractivity contribution < 1.29 is 19.8 Å². The summed E-state index contributed by atoms with van der Waals surface area (Å²) in [7, 11) is 0. The van der Waals surface area contributed by atoms with Crippen molar-refractivity contribution >= 4 is 11.9 Å². The standard InChI is InChI=1S/C12H15N3O7/c1-2-5-13-10(20)14(6-3-8(16)17)12(22)15(11(13)21)7-4-9(18)19/h2H,1,3-7H2,(H,16,17)(H,18,19). The number of hydrogen-bond donors (Lipinski definition) is 2. The summed E-state index contributed by atoms with van der Waals surface area (Å²) in [5, 5.41) is 17.3. The SMILES string of the molecule is C=CCn1c(=O)n(CCC(=O)O)c(=O)n(CCC(=O)O)c1=O. The van der Waals surface area contributed by atoms with E-state index < -0.39 is 54.9 Å². The predicted octanol–water partition coefficient (Wildman–Crippen LogP) is -1.69. The molecule has 1 aromatic heterocycles. The molecule has 1 rings (SSSR count). The first-order valence-electron chi connectivity index (χ1n) is 6.28. The van der Waals surface area contributed by atoms with E-state index in [1.54, 1.807) is 0 Å². The van der Waals surface area contributed by atoms with Crippen molar-refractivity contribution in [3.8, 4) is 0 Å². The molecular weight excluding hydrogens is 298 g/mol. The molecule has 0 aliphatic heterocycles. The third-order valence-corrected chi connectivity index (χ3v) is 2.80. The van der Waals surface area contributed by atoms with E-state index in [1.807, 2.05) is 0 Å². The highest BCUT2D eigenvalue weighted by atomic mass is 16.4. The van der Waals surface area contributed by atoms with Gasteiger partial charge in [0, 0.05) is 13.1 Å². The molecule has 0 saturated carbocycles. The molecule has 10 nitrogen and oxygen atoms in total. The van der Waals surface area contributed by atoms with Crippen LogP contribution in [0.5, 0.6) is 0 Å². The number of carbonyl (C=O) groups is 2. The largest absolute Gasteiger partial charge is 0.481 e. The predicted molar refractivity (Wildman–Crippen MR) is 73.9 cm³/mol. The summed E-state index contributed by atoms with van der Waals surface area (Å²) < 4.78 is 1.89. The number of nitrogens with zero attached hydrogens (tertiary/aromatic N) is 3. The van der Waals surface area contributed by atoms with Crippen molar-refractivity contribution in [1.29, 1.82) is 0 Å². The van der Waals surface area contributed by atoms with E-state index in [0.717, 1.165) is 0 Å². The van der Waals surface area contributed by atoms with Gasteiger partial charge in [0.15, 0.2) is 0 Å². The normalized spacial score (nSPS) is 10.4. The van der Waals surface area contributed by atoms with Crippen LogP contribution >= 0.6 is 0 Å². The summed E-state index contributed by atoms with van der Waals surface area (Å²) >= 11 is 0. The Kier molecular flexibility index (Phi) is 5.61. The molecule has 1 heterocycles. The third kappa shape index (κ3) is 3.81. The van der Waals surface area contributed by atoms with Crippen molar-refractivity contribution in [3.05, 3.63) is 44.1 Å². The Labute approximate surface area is 123 Å². The van der Waals surface area contributed by atoms with Gasteiger partial charge in [-0.25, -0.2) is 28.1 Å². The number of rotatable bonds is 8. The van der Waals surface area contributed by atoms with Crippen LogP contribution in [0.2, 0.25) is 0 Å². The molecule has 0 bridgehead atoms. The number of aromatic nitrogens is 3. The molecule has 1 aromatic rings. The summed E-state index contributed by atoms with van der Waals surface area (Å²) in [6.45, 7) is 2.36. The molecule has 0 unspecified atom stereocenters. The molecule has 10 heteroatoms. The molecule has 0 radical (unpaired) electrons. The Balaban J connectivity index is 3.48. The van der Waals surface area contributed by atoms with Gasteiger partial charge in [-0.05, 0) is 0 Å². The lowest BCUT2D eigenvalue weighted by molar-refractivity contribution is -0.138. The number of hydrogen-bond acceptors (Lipinski definition) is 5. The average Bonchev–Trinajstić information content (AvgIpc) is 2.42. The summed E-state index contributed by atoms with van der Waals surface area (Å²) in [5.41, 5.74) is -2.94. The number of aliphatic carboxylic acids is 2. The highest BCUT2D eigenvalue weighted by Gasteiger charge is 2.16. The monoisotopic (exact) mass is 313 g/mol. The van der Waals surface area contributed by atoms with Crippen LogP contribution in [-0.2, 0) is 29.2 Å². The highest BCUT2D eigenvalue weighted by Crippen LogP contribution is 1.86. The van der Waals surface area contributed by atoms with E-state index >= 15 is 0 Å². The molecule has 0 aromatic carbocycles. The molecule has 120 valence electrons. The Morgan fingerprint density at radius 1 is 0.864 bits per heavy atom. The zero-order valence-electron chi connectivity index (χ0n) is 11.6. The Morgan fingerprint density at radius 3 is 1.55 bits per heavy atom. The lowest BCUT2D eigenvalue weighted by Gasteiger charge is -2.11. The zero-order chi connectivity index (χ0) is 16.9. The van der Waals surface area contributed by atoms with E-state index in [-0.39, 0.29) is 6.54 Å². The summed E-state index contributed by atoms with van der Waals surface area (Å²) in [6.07, 6.45) is 0.289. The van der Waals surface area contributed by atoms with Crippen LogP contribution < -0.4 is 17.1 Å². The molecule has 0 atom stereocenters. The molecule has 0 saturated heterocycles. The first-order chi connectivity index (χ1) is 10.3. The van der Waals surface area contributed by atoms with Gasteiger partial charge in [0.2, 0.25) is 0 Å². The maximum Gasteiger partial charge on any atom is 0.336 e. The molecule has 0 spiro atoms. The minimum atomic E-state index is -1.22. The maximum atomic E-state index is 12.1. The van der Waals surface area contributed by atoms with Gasteiger partial charge in [-0.3, -0.25) is 9.59 Å². The fourth-order valence-corrected chi connectivity index (χ4v) is 1.77. The fourth-order valence-electron chi connectivity index (χ4n) is 1.77. The molecule has 0 fully saturated rings. The molecule has 0 aliphatic rings. The highest BCUT2D eigenvalue weighted by molar-refractivity contribution is 5.66. The van der Waals surface area contributed by atoms with Gasteiger partial charge >= 0.3 is 29.0 Å². The van der Waals surface area contributed by atoms with Crippen molar-refractivity contribution in [1.82, 2.24) is 13.7 Å².